The Hall–Kier alpha value is -2.10. The molecule has 0 unspecified atom stereocenters. The van der Waals surface area contributed by atoms with E-state index >= 15 is 0 Å². The zero-order chi connectivity index (χ0) is 12.1. The van der Waals surface area contributed by atoms with E-state index in [1.807, 2.05) is 43.5 Å². The van der Waals surface area contributed by atoms with Crippen molar-refractivity contribution in [1.29, 1.82) is 0 Å². The molecular formula is C13H15N3O. The molecule has 88 valence electrons. The molecule has 17 heavy (non-hydrogen) atoms. The van der Waals surface area contributed by atoms with E-state index in [1.165, 1.54) is 0 Å². The number of aromatic nitrogens is 2. The van der Waals surface area contributed by atoms with E-state index in [4.69, 9.17) is 0 Å². The van der Waals surface area contributed by atoms with E-state index in [2.05, 4.69) is 10.4 Å². The fourth-order valence-electron chi connectivity index (χ4n) is 1.57. The number of amides is 1. The molecule has 0 aliphatic heterocycles. The predicted molar refractivity (Wildman–Crippen MR) is 67.1 cm³/mol. The number of carbonyl (C=O) groups excluding carboxylic acids is 1. The highest BCUT2D eigenvalue weighted by Gasteiger charge is 2.01. The van der Waals surface area contributed by atoms with Crippen molar-refractivity contribution < 1.29 is 4.79 Å². The molecule has 4 nitrogen and oxygen atoms in total. The minimum atomic E-state index is 0.0549. The van der Waals surface area contributed by atoms with Gasteiger partial charge in [-0.05, 0) is 36.8 Å². The summed E-state index contributed by atoms with van der Waals surface area (Å²) in [7, 11) is 0. The van der Waals surface area contributed by atoms with Crippen LogP contribution in [0, 0.1) is 0 Å². The molecule has 2 rings (SSSR count). The fraction of sp³-hybridized carbons (Fsp3) is 0.231. The average Bonchev–Trinajstić information content (AvgIpc) is 2.84. The molecule has 0 saturated carbocycles. The first-order valence-corrected chi connectivity index (χ1v) is 5.69. The first-order chi connectivity index (χ1) is 8.29. The molecule has 1 heterocycles. The second kappa shape index (κ2) is 5.30. The summed E-state index contributed by atoms with van der Waals surface area (Å²) in [6, 6.07) is 9.48. The molecule has 1 N–H and O–H groups in total. The molecule has 4 heteroatoms. The van der Waals surface area contributed by atoms with Gasteiger partial charge in [-0.25, -0.2) is 4.68 Å². The minimum Gasteiger partial charge on any atom is -0.326 e. The van der Waals surface area contributed by atoms with Crippen molar-refractivity contribution >= 4 is 11.6 Å². The van der Waals surface area contributed by atoms with Crippen molar-refractivity contribution in [2.75, 3.05) is 5.32 Å². The van der Waals surface area contributed by atoms with Crippen LogP contribution in [0.4, 0.5) is 5.69 Å². The molecule has 0 atom stereocenters. The maximum Gasteiger partial charge on any atom is 0.224 e. The molecule has 1 aromatic heterocycles. The number of anilines is 1. The lowest BCUT2D eigenvalue weighted by Crippen LogP contribution is -2.10. The third-order valence-corrected chi connectivity index (χ3v) is 2.40. The number of nitrogens with one attached hydrogen (secondary N) is 1. The van der Waals surface area contributed by atoms with Crippen LogP contribution in [-0.4, -0.2) is 15.7 Å². The molecule has 0 bridgehead atoms. The second-order valence-corrected chi connectivity index (χ2v) is 3.80. The van der Waals surface area contributed by atoms with Gasteiger partial charge in [-0.1, -0.05) is 6.92 Å². The van der Waals surface area contributed by atoms with Gasteiger partial charge in [-0.2, -0.15) is 5.10 Å². The van der Waals surface area contributed by atoms with Crippen LogP contribution < -0.4 is 5.32 Å². The lowest BCUT2D eigenvalue weighted by atomic mass is 10.2. The zero-order valence-electron chi connectivity index (χ0n) is 9.76. The third kappa shape index (κ3) is 2.93. The van der Waals surface area contributed by atoms with Gasteiger partial charge in [0, 0.05) is 24.5 Å². The highest BCUT2D eigenvalue weighted by Crippen LogP contribution is 2.12. The van der Waals surface area contributed by atoms with Crippen molar-refractivity contribution in [3.63, 3.8) is 0 Å². The summed E-state index contributed by atoms with van der Waals surface area (Å²) in [5, 5.41) is 6.98. The van der Waals surface area contributed by atoms with Crippen LogP contribution in [0.15, 0.2) is 42.7 Å². The fourth-order valence-corrected chi connectivity index (χ4v) is 1.57. The number of rotatable bonds is 4. The van der Waals surface area contributed by atoms with E-state index in [0.717, 1.165) is 17.8 Å². The Morgan fingerprint density at radius 1 is 1.35 bits per heavy atom. The van der Waals surface area contributed by atoms with E-state index < -0.39 is 0 Å². The number of benzene rings is 1. The van der Waals surface area contributed by atoms with Gasteiger partial charge in [0.2, 0.25) is 5.91 Å². The molecule has 0 spiro atoms. The van der Waals surface area contributed by atoms with Gasteiger partial charge >= 0.3 is 0 Å². The molecule has 0 aliphatic carbocycles. The van der Waals surface area contributed by atoms with Crippen LogP contribution in [0.25, 0.3) is 5.69 Å². The highest BCUT2D eigenvalue weighted by atomic mass is 16.1. The van der Waals surface area contributed by atoms with Crippen molar-refractivity contribution in [2.45, 2.75) is 19.8 Å². The molecule has 0 fully saturated rings. The number of carbonyl (C=O) groups is 1. The highest BCUT2D eigenvalue weighted by molar-refractivity contribution is 5.90. The van der Waals surface area contributed by atoms with Gasteiger partial charge in [0.25, 0.3) is 0 Å². The van der Waals surface area contributed by atoms with Crippen molar-refractivity contribution in [1.82, 2.24) is 9.78 Å². The van der Waals surface area contributed by atoms with E-state index in [1.54, 1.807) is 10.9 Å². The largest absolute Gasteiger partial charge is 0.326 e. The summed E-state index contributed by atoms with van der Waals surface area (Å²) in [5.74, 6) is 0.0549. The Bertz CT molecular complexity index is 474. The maximum absolute atomic E-state index is 11.4. The lowest BCUT2D eigenvalue weighted by Gasteiger charge is -2.06. The molecule has 2 aromatic rings. The van der Waals surface area contributed by atoms with Gasteiger partial charge in [0.1, 0.15) is 0 Å². The molecule has 0 radical (unpaired) electrons. The van der Waals surface area contributed by atoms with E-state index in [9.17, 15) is 4.79 Å². The normalized spacial score (nSPS) is 10.2. The minimum absolute atomic E-state index is 0.0549. The summed E-state index contributed by atoms with van der Waals surface area (Å²) >= 11 is 0. The smallest absolute Gasteiger partial charge is 0.224 e. The number of nitrogens with zero attached hydrogens (tertiary/aromatic N) is 2. The zero-order valence-corrected chi connectivity index (χ0v) is 9.76. The first kappa shape index (κ1) is 11.4. The molecule has 1 amide bonds. The van der Waals surface area contributed by atoms with Crippen molar-refractivity contribution in [3.8, 4) is 5.69 Å². The van der Waals surface area contributed by atoms with Crippen LogP contribution in [0.1, 0.15) is 19.8 Å². The van der Waals surface area contributed by atoms with Crippen LogP contribution in [0.2, 0.25) is 0 Å². The summed E-state index contributed by atoms with van der Waals surface area (Å²) in [6.45, 7) is 1.99. The SMILES string of the molecule is CCCC(=O)Nc1ccc(-n2cccn2)cc1. The van der Waals surface area contributed by atoms with Crippen LogP contribution in [0.5, 0.6) is 0 Å². The molecular weight excluding hydrogens is 214 g/mol. The summed E-state index contributed by atoms with van der Waals surface area (Å²) in [5.41, 5.74) is 1.79. The van der Waals surface area contributed by atoms with Crippen molar-refractivity contribution in [3.05, 3.63) is 42.7 Å². The standard InChI is InChI=1S/C13H15N3O/c1-2-4-13(17)15-11-5-7-12(8-6-11)16-10-3-9-14-16/h3,5-10H,2,4H2,1H3,(H,15,17). The monoisotopic (exact) mass is 229 g/mol. The van der Waals surface area contributed by atoms with Gasteiger partial charge in [-0.3, -0.25) is 4.79 Å². The quantitative estimate of drug-likeness (QED) is 0.876. The average molecular weight is 229 g/mol. The van der Waals surface area contributed by atoms with Gasteiger partial charge < -0.3 is 5.32 Å². The van der Waals surface area contributed by atoms with E-state index in [-0.39, 0.29) is 5.91 Å². The van der Waals surface area contributed by atoms with Crippen LogP contribution >= 0.6 is 0 Å². The predicted octanol–water partition coefficient (Wildman–Crippen LogP) is 2.61. The van der Waals surface area contributed by atoms with Crippen molar-refractivity contribution in [2.24, 2.45) is 0 Å². The Balaban J connectivity index is 2.06. The number of hydrogen-bond donors (Lipinski definition) is 1. The lowest BCUT2D eigenvalue weighted by molar-refractivity contribution is -0.116. The summed E-state index contributed by atoms with van der Waals surface area (Å²) < 4.78 is 1.78. The molecule has 1 aromatic carbocycles. The number of hydrogen-bond acceptors (Lipinski definition) is 2. The van der Waals surface area contributed by atoms with Crippen LogP contribution in [-0.2, 0) is 4.79 Å². The first-order valence-electron chi connectivity index (χ1n) is 5.69. The second-order valence-electron chi connectivity index (χ2n) is 3.80. The van der Waals surface area contributed by atoms with Crippen LogP contribution in [0.3, 0.4) is 0 Å². The maximum atomic E-state index is 11.4. The Labute approximate surface area is 100 Å². The Morgan fingerprint density at radius 3 is 2.71 bits per heavy atom. The van der Waals surface area contributed by atoms with E-state index in [0.29, 0.717) is 6.42 Å². The van der Waals surface area contributed by atoms with Gasteiger partial charge in [-0.15, -0.1) is 0 Å². The summed E-state index contributed by atoms with van der Waals surface area (Å²) in [4.78, 5) is 11.4. The Morgan fingerprint density at radius 2 is 2.12 bits per heavy atom. The summed E-state index contributed by atoms with van der Waals surface area (Å²) in [6.07, 6.45) is 5.03. The van der Waals surface area contributed by atoms with Gasteiger partial charge in [0.05, 0.1) is 5.69 Å². The third-order valence-electron chi connectivity index (χ3n) is 2.40. The Kier molecular flexibility index (Phi) is 3.55. The molecule has 0 aliphatic rings. The molecule has 0 saturated heterocycles. The van der Waals surface area contributed by atoms with Gasteiger partial charge in [0.15, 0.2) is 0 Å². The topological polar surface area (TPSA) is 46.9 Å².